The summed E-state index contributed by atoms with van der Waals surface area (Å²) in [4.78, 5) is 27.3. The van der Waals surface area contributed by atoms with E-state index in [1.165, 1.54) is 0 Å². The summed E-state index contributed by atoms with van der Waals surface area (Å²) >= 11 is 1.61. The second-order valence-corrected chi connectivity index (χ2v) is 6.03. The second-order valence-electron chi connectivity index (χ2n) is 5.05. The molecule has 0 spiro atoms. The predicted molar refractivity (Wildman–Crippen MR) is 87.2 cm³/mol. The number of nitrogens with zero attached hydrogens (tertiary/aromatic N) is 2. The fourth-order valence-electron chi connectivity index (χ4n) is 2.34. The predicted octanol–water partition coefficient (Wildman–Crippen LogP) is 2.82. The molecule has 22 heavy (non-hydrogen) atoms. The quantitative estimate of drug-likeness (QED) is 0.808. The Kier molecular flexibility index (Phi) is 3.77. The largest absolute Gasteiger partial charge is 0.333 e. The molecule has 112 valence electrons. The molecular weight excluding hydrogens is 298 g/mol. The van der Waals surface area contributed by atoms with Crippen LogP contribution in [-0.4, -0.2) is 28.1 Å². The minimum Gasteiger partial charge on any atom is -0.333 e. The summed E-state index contributed by atoms with van der Waals surface area (Å²) in [7, 11) is 1.74. The van der Waals surface area contributed by atoms with Gasteiger partial charge in [0.15, 0.2) is 5.69 Å². The first-order chi connectivity index (χ1) is 10.6. The molecule has 0 aliphatic rings. The van der Waals surface area contributed by atoms with Gasteiger partial charge < -0.3 is 4.90 Å². The van der Waals surface area contributed by atoms with E-state index in [9.17, 15) is 9.59 Å². The normalized spacial score (nSPS) is 12.3. The monoisotopic (exact) mass is 313 g/mol. The Labute approximate surface area is 131 Å². The molecule has 3 aromatic rings. The van der Waals surface area contributed by atoms with Crippen molar-refractivity contribution in [2.75, 3.05) is 7.05 Å². The van der Waals surface area contributed by atoms with E-state index in [2.05, 4.69) is 10.2 Å². The van der Waals surface area contributed by atoms with Crippen molar-refractivity contribution in [1.29, 1.82) is 0 Å². The highest BCUT2D eigenvalue weighted by atomic mass is 32.1. The molecule has 2 heterocycles. The van der Waals surface area contributed by atoms with Crippen molar-refractivity contribution in [3.63, 3.8) is 0 Å². The van der Waals surface area contributed by atoms with E-state index in [1.807, 2.05) is 24.4 Å². The first kappa shape index (κ1) is 14.5. The molecule has 1 N–H and O–H groups in total. The van der Waals surface area contributed by atoms with Crippen LogP contribution in [0.4, 0.5) is 0 Å². The highest BCUT2D eigenvalue weighted by Crippen LogP contribution is 2.25. The third kappa shape index (κ3) is 2.42. The third-order valence-electron chi connectivity index (χ3n) is 3.75. The molecule has 0 saturated heterocycles. The topological polar surface area (TPSA) is 66.1 Å². The van der Waals surface area contributed by atoms with E-state index < -0.39 is 0 Å². The molecule has 1 atom stereocenters. The van der Waals surface area contributed by atoms with Crippen LogP contribution in [0.25, 0.3) is 10.8 Å². The first-order valence-corrected chi connectivity index (χ1v) is 7.75. The Morgan fingerprint density at radius 3 is 2.64 bits per heavy atom. The Hall–Kier alpha value is -2.47. The maximum Gasteiger partial charge on any atom is 0.275 e. The number of hydrogen-bond acceptors (Lipinski definition) is 4. The van der Waals surface area contributed by atoms with Crippen LogP contribution in [0.5, 0.6) is 0 Å². The number of rotatable bonds is 3. The standard InChI is InChI=1S/C16H15N3O2S/c1-10(13-8-5-9-22-13)19(2)16(21)14-11-6-3-4-7-12(11)15(20)18-17-14/h3-10H,1-2H3,(H,18,20). The van der Waals surface area contributed by atoms with Gasteiger partial charge in [-0.2, -0.15) is 5.10 Å². The van der Waals surface area contributed by atoms with E-state index >= 15 is 0 Å². The summed E-state index contributed by atoms with van der Waals surface area (Å²) in [6, 6.07) is 10.9. The zero-order chi connectivity index (χ0) is 15.7. The Balaban J connectivity index is 2.02. The van der Waals surface area contributed by atoms with E-state index in [4.69, 9.17) is 0 Å². The molecule has 6 heteroatoms. The van der Waals surface area contributed by atoms with E-state index in [-0.39, 0.29) is 23.2 Å². The van der Waals surface area contributed by atoms with Crippen LogP contribution in [-0.2, 0) is 0 Å². The first-order valence-electron chi connectivity index (χ1n) is 6.87. The van der Waals surface area contributed by atoms with Gasteiger partial charge in [-0.05, 0) is 24.4 Å². The van der Waals surface area contributed by atoms with Crippen molar-refractivity contribution in [2.24, 2.45) is 0 Å². The molecule has 0 radical (unpaired) electrons. The summed E-state index contributed by atoms with van der Waals surface area (Å²) in [6.45, 7) is 1.97. The minimum absolute atomic E-state index is 0.0556. The number of H-pyrrole nitrogens is 1. The molecule has 5 nitrogen and oxygen atoms in total. The van der Waals surface area contributed by atoms with Crippen LogP contribution in [0, 0.1) is 0 Å². The third-order valence-corrected chi connectivity index (χ3v) is 4.80. The number of fused-ring (bicyclic) bond motifs is 1. The molecule has 0 aliphatic carbocycles. The van der Waals surface area contributed by atoms with Crippen molar-refractivity contribution in [1.82, 2.24) is 15.1 Å². The lowest BCUT2D eigenvalue weighted by Gasteiger charge is -2.24. The van der Waals surface area contributed by atoms with Crippen LogP contribution in [0.3, 0.4) is 0 Å². The fraction of sp³-hybridized carbons (Fsp3) is 0.188. The van der Waals surface area contributed by atoms with Gasteiger partial charge in [0, 0.05) is 17.3 Å². The van der Waals surface area contributed by atoms with Gasteiger partial charge in [-0.15, -0.1) is 11.3 Å². The minimum atomic E-state index is -0.291. The lowest BCUT2D eigenvalue weighted by molar-refractivity contribution is 0.0740. The van der Waals surface area contributed by atoms with Crippen LogP contribution in [0.2, 0.25) is 0 Å². The number of thiophene rings is 1. The summed E-state index contributed by atoms with van der Waals surface area (Å²) in [5.41, 5.74) is -0.0257. The van der Waals surface area contributed by atoms with Crippen molar-refractivity contribution in [3.8, 4) is 0 Å². The zero-order valence-corrected chi connectivity index (χ0v) is 13.1. The lowest BCUT2D eigenvalue weighted by Crippen LogP contribution is -2.31. The molecule has 3 rings (SSSR count). The van der Waals surface area contributed by atoms with Gasteiger partial charge in [0.25, 0.3) is 11.5 Å². The molecular formula is C16H15N3O2S. The number of hydrogen-bond donors (Lipinski definition) is 1. The number of aromatic nitrogens is 2. The average Bonchev–Trinajstić information content (AvgIpc) is 3.08. The second kappa shape index (κ2) is 5.73. The van der Waals surface area contributed by atoms with Crippen molar-refractivity contribution in [3.05, 3.63) is 62.7 Å². The van der Waals surface area contributed by atoms with Gasteiger partial charge in [-0.25, -0.2) is 5.10 Å². The molecule has 0 fully saturated rings. The van der Waals surface area contributed by atoms with Crippen molar-refractivity contribution < 1.29 is 4.79 Å². The highest BCUT2D eigenvalue weighted by molar-refractivity contribution is 7.10. The number of benzene rings is 1. The molecule has 1 amide bonds. The number of carbonyl (C=O) groups is 1. The summed E-state index contributed by atoms with van der Waals surface area (Å²) in [5.74, 6) is -0.214. The number of aromatic amines is 1. The SMILES string of the molecule is CC(c1cccs1)N(C)C(=O)c1n[nH]c(=O)c2ccccc12. The smallest absolute Gasteiger partial charge is 0.275 e. The lowest BCUT2D eigenvalue weighted by atomic mass is 10.1. The van der Waals surface area contributed by atoms with E-state index in [0.717, 1.165) is 4.88 Å². The zero-order valence-electron chi connectivity index (χ0n) is 12.2. The van der Waals surface area contributed by atoms with Crippen molar-refractivity contribution in [2.45, 2.75) is 13.0 Å². The number of nitrogens with one attached hydrogen (secondary N) is 1. The van der Waals surface area contributed by atoms with Crippen LogP contribution in [0.15, 0.2) is 46.6 Å². The van der Waals surface area contributed by atoms with Gasteiger partial charge in [-0.3, -0.25) is 9.59 Å². The molecule has 1 unspecified atom stereocenters. The Morgan fingerprint density at radius 2 is 1.95 bits per heavy atom. The highest BCUT2D eigenvalue weighted by Gasteiger charge is 2.23. The Bertz CT molecular complexity index is 870. The van der Waals surface area contributed by atoms with E-state index in [1.54, 1.807) is 47.5 Å². The van der Waals surface area contributed by atoms with Gasteiger partial charge in [-0.1, -0.05) is 24.3 Å². The molecule has 0 aliphatic heterocycles. The summed E-state index contributed by atoms with van der Waals surface area (Å²) < 4.78 is 0. The summed E-state index contributed by atoms with van der Waals surface area (Å²) in [6.07, 6.45) is 0. The van der Waals surface area contributed by atoms with Gasteiger partial charge in [0.05, 0.1) is 11.4 Å². The maximum atomic E-state index is 12.8. The van der Waals surface area contributed by atoms with Crippen LogP contribution >= 0.6 is 11.3 Å². The van der Waals surface area contributed by atoms with Gasteiger partial charge >= 0.3 is 0 Å². The number of carbonyl (C=O) groups excluding carboxylic acids is 1. The molecule has 0 saturated carbocycles. The summed E-state index contributed by atoms with van der Waals surface area (Å²) in [5, 5.41) is 9.39. The maximum absolute atomic E-state index is 12.8. The molecule has 0 bridgehead atoms. The van der Waals surface area contributed by atoms with Gasteiger partial charge in [0.2, 0.25) is 0 Å². The molecule has 1 aromatic carbocycles. The Morgan fingerprint density at radius 1 is 1.23 bits per heavy atom. The fourth-order valence-corrected chi connectivity index (χ4v) is 3.17. The van der Waals surface area contributed by atoms with Crippen LogP contribution < -0.4 is 5.56 Å². The molecule has 2 aromatic heterocycles. The number of amides is 1. The van der Waals surface area contributed by atoms with E-state index in [0.29, 0.717) is 10.8 Å². The van der Waals surface area contributed by atoms with Crippen LogP contribution in [0.1, 0.15) is 28.3 Å². The van der Waals surface area contributed by atoms with Crippen molar-refractivity contribution >= 4 is 28.0 Å². The van der Waals surface area contributed by atoms with Gasteiger partial charge in [0.1, 0.15) is 0 Å². The average molecular weight is 313 g/mol.